The molecule has 0 aliphatic rings. The minimum absolute atomic E-state index is 0.296. The van der Waals surface area contributed by atoms with Crippen LogP contribution in [0.25, 0.3) is 16.8 Å². The van der Waals surface area contributed by atoms with Crippen LogP contribution in [0.15, 0.2) is 35.5 Å². The average Bonchev–Trinajstić information content (AvgIpc) is 3.07. The highest BCUT2D eigenvalue weighted by Gasteiger charge is 2.20. The van der Waals surface area contributed by atoms with E-state index in [1.165, 1.54) is 6.20 Å². The van der Waals surface area contributed by atoms with E-state index in [1.54, 1.807) is 40.3 Å². The Hall–Kier alpha value is -1.71. The van der Waals surface area contributed by atoms with E-state index in [0.717, 1.165) is 33.3 Å². The second-order valence-corrected chi connectivity index (χ2v) is 9.65. The van der Waals surface area contributed by atoms with Crippen LogP contribution in [0.3, 0.4) is 0 Å². The first-order valence-corrected chi connectivity index (χ1v) is 12.5. The maximum Gasteiger partial charge on any atom is 0.343 e. The van der Waals surface area contributed by atoms with Crippen molar-refractivity contribution in [2.75, 3.05) is 23.9 Å². The molecule has 0 radical (unpaired) electrons. The van der Waals surface area contributed by atoms with Crippen molar-refractivity contribution in [3.05, 3.63) is 36.0 Å². The zero-order chi connectivity index (χ0) is 19.9. The van der Waals surface area contributed by atoms with Crippen LogP contribution in [0.5, 0.6) is 0 Å². The highest BCUT2D eigenvalue weighted by molar-refractivity contribution is 8.77. The van der Waals surface area contributed by atoms with E-state index in [2.05, 4.69) is 23.8 Å². The third kappa shape index (κ3) is 4.64. The summed E-state index contributed by atoms with van der Waals surface area (Å²) in [6, 6.07) is 7.76. The topological polar surface area (TPSA) is 68.8 Å². The Morgan fingerprint density at radius 1 is 1.18 bits per heavy atom. The molecule has 2 heterocycles. The van der Waals surface area contributed by atoms with Crippen LogP contribution >= 0.6 is 33.3 Å². The van der Waals surface area contributed by atoms with Crippen molar-refractivity contribution in [2.24, 2.45) is 4.99 Å². The van der Waals surface area contributed by atoms with Crippen molar-refractivity contribution >= 4 is 67.0 Å². The van der Waals surface area contributed by atoms with Crippen LogP contribution in [-0.4, -0.2) is 49.2 Å². The molecule has 28 heavy (non-hydrogen) atoms. The van der Waals surface area contributed by atoms with Crippen LogP contribution in [0.1, 0.15) is 31.1 Å². The molecular weight excluding hydrogens is 412 g/mol. The molecule has 3 rings (SSSR count). The number of aromatic nitrogens is 3. The lowest BCUT2D eigenvalue weighted by atomic mass is 10.3. The quantitative estimate of drug-likeness (QED) is 0.158. The van der Waals surface area contributed by atoms with Gasteiger partial charge in [-0.05, 0) is 24.8 Å². The van der Waals surface area contributed by atoms with E-state index in [0.29, 0.717) is 23.8 Å². The standard InChI is InChI=1S/C19H22N4O2S3/c1-4-25-18(24)13-11-20-19-21-14-9-7-8-10-15(14)23(19)17(13)22-16(26-5-2)12-28-27-6-3/h7-11H,4-6,12H2,1-3H3/b22-16-. The summed E-state index contributed by atoms with van der Waals surface area (Å²) in [5.74, 6) is 3.33. The van der Waals surface area contributed by atoms with Gasteiger partial charge < -0.3 is 4.74 Å². The van der Waals surface area contributed by atoms with E-state index in [4.69, 9.17) is 9.73 Å². The molecular formula is C19H22N4O2S3. The normalized spacial score (nSPS) is 12.0. The van der Waals surface area contributed by atoms with Crippen LogP contribution in [0, 0.1) is 0 Å². The van der Waals surface area contributed by atoms with Gasteiger partial charge in [0, 0.05) is 11.9 Å². The molecule has 0 fully saturated rings. The van der Waals surface area contributed by atoms with Crippen molar-refractivity contribution in [1.82, 2.24) is 14.4 Å². The molecule has 0 saturated heterocycles. The highest BCUT2D eigenvalue weighted by Crippen LogP contribution is 2.29. The summed E-state index contributed by atoms with van der Waals surface area (Å²) in [5, 5.41) is 0.962. The lowest BCUT2D eigenvalue weighted by molar-refractivity contribution is 0.0526. The Balaban J connectivity index is 2.21. The summed E-state index contributed by atoms with van der Waals surface area (Å²) in [6.45, 7) is 6.31. The number of para-hydroxylation sites is 2. The minimum atomic E-state index is -0.426. The van der Waals surface area contributed by atoms with Crippen molar-refractivity contribution in [3.8, 4) is 0 Å². The van der Waals surface area contributed by atoms with Gasteiger partial charge in [0.1, 0.15) is 5.56 Å². The highest BCUT2D eigenvalue weighted by atomic mass is 33.1. The fourth-order valence-corrected chi connectivity index (χ4v) is 5.36. The average molecular weight is 435 g/mol. The second kappa shape index (κ2) is 10.2. The maximum atomic E-state index is 12.6. The molecule has 6 nitrogen and oxygen atoms in total. The molecule has 0 aliphatic heterocycles. The second-order valence-electron chi connectivity index (χ2n) is 5.56. The van der Waals surface area contributed by atoms with Gasteiger partial charge in [0.25, 0.3) is 0 Å². The van der Waals surface area contributed by atoms with E-state index in [-0.39, 0.29) is 0 Å². The van der Waals surface area contributed by atoms with Gasteiger partial charge in [-0.2, -0.15) is 0 Å². The number of benzene rings is 1. The van der Waals surface area contributed by atoms with Crippen molar-refractivity contribution in [2.45, 2.75) is 20.8 Å². The predicted molar refractivity (Wildman–Crippen MR) is 122 cm³/mol. The summed E-state index contributed by atoms with van der Waals surface area (Å²) in [4.78, 5) is 26.4. The first-order chi connectivity index (χ1) is 13.7. The third-order valence-electron chi connectivity index (χ3n) is 3.73. The van der Waals surface area contributed by atoms with E-state index in [9.17, 15) is 4.79 Å². The van der Waals surface area contributed by atoms with Gasteiger partial charge >= 0.3 is 5.97 Å². The molecule has 0 spiro atoms. The van der Waals surface area contributed by atoms with Gasteiger partial charge in [-0.3, -0.25) is 4.40 Å². The van der Waals surface area contributed by atoms with Gasteiger partial charge in [-0.1, -0.05) is 47.6 Å². The Morgan fingerprint density at radius 2 is 2.00 bits per heavy atom. The van der Waals surface area contributed by atoms with Gasteiger partial charge in [0.05, 0.1) is 28.4 Å². The molecule has 2 aromatic heterocycles. The van der Waals surface area contributed by atoms with Gasteiger partial charge in [-0.25, -0.2) is 19.8 Å². The van der Waals surface area contributed by atoms with Crippen molar-refractivity contribution in [3.63, 3.8) is 0 Å². The molecule has 3 aromatic rings. The number of hydrogen-bond donors (Lipinski definition) is 0. The van der Waals surface area contributed by atoms with Crippen LogP contribution in [0.2, 0.25) is 0 Å². The number of hydrogen-bond acceptors (Lipinski definition) is 8. The molecule has 0 atom stereocenters. The van der Waals surface area contributed by atoms with Crippen LogP contribution in [0.4, 0.5) is 5.82 Å². The summed E-state index contributed by atoms with van der Waals surface area (Å²) >= 11 is 1.68. The first-order valence-electron chi connectivity index (χ1n) is 9.07. The van der Waals surface area contributed by atoms with E-state index >= 15 is 0 Å². The van der Waals surface area contributed by atoms with Gasteiger partial charge in [0.2, 0.25) is 5.78 Å². The van der Waals surface area contributed by atoms with Gasteiger partial charge in [0.15, 0.2) is 5.82 Å². The number of nitrogens with zero attached hydrogens (tertiary/aromatic N) is 4. The SMILES string of the molecule is CCOC(=O)c1cnc2nc3ccccc3n2c1/N=C(/CSSCC)SCC. The lowest BCUT2D eigenvalue weighted by Crippen LogP contribution is -2.09. The first kappa shape index (κ1) is 21.0. The summed E-state index contributed by atoms with van der Waals surface area (Å²) in [7, 11) is 3.56. The summed E-state index contributed by atoms with van der Waals surface area (Å²) in [6.07, 6.45) is 1.51. The minimum Gasteiger partial charge on any atom is -0.462 e. The largest absolute Gasteiger partial charge is 0.462 e. The number of thioether (sulfide) groups is 1. The number of imidazole rings is 1. The molecule has 9 heteroatoms. The molecule has 0 N–H and O–H groups in total. The van der Waals surface area contributed by atoms with Crippen molar-refractivity contribution in [1.29, 1.82) is 0 Å². The van der Waals surface area contributed by atoms with E-state index < -0.39 is 5.97 Å². The molecule has 0 bridgehead atoms. The molecule has 0 amide bonds. The van der Waals surface area contributed by atoms with Crippen LogP contribution < -0.4 is 0 Å². The van der Waals surface area contributed by atoms with Gasteiger partial charge in [-0.15, -0.1) is 11.8 Å². The fourth-order valence-electron chi connectivity index (χ4n) is 2.64. The van der Waals surface area contributed by atoms with Crippen LogP contribution in [-0.2, 0) is 4.74 Å². The summed E-state index contributed by atoms with van der Waals surface area (Å²) < 4.78 is 7.09. The number of esters is 1. The fraction of sp³-hybridized carbons (Fsp3) is 0.368. The van der Waals surface area contributed by atoms with E-state index in [1.807, 2.05) is 28.7 Å². The number of fused-ring (bicyclic) bond motifs is 3. The number of aliphatic imine (C=N–C) groups is 1. The summed E-state index contributed by atoms with van der Waals surface area (Å²) in [5.41, 5.74) is 2.03. The Morgan fingerprint density at radius 3 is 2.75 bits per heavy atom. The Bertz CT molecular complexity index is 1000. The number of rotatable bonds is 8. The zero-order valence-corrected chi connectivity index (χ0v) is 18.5. The number of carbonyl (C=O) groups is 1. The molecule has 1 aromatic carbocycles. The molecule has 0 saturated carbocycles. The number of carbonyl (C=O) groups excluding carboxylic acids is 1. The monoisotopic (exact) mass is 434 g/mol. The number of ether oxygens (including phenoxy) is 1. The Kier molecular flexibility index (Phi) is 7.64. The predicted octanol–water partition coefficient (Wildman–Crippen LogP) is 5.24. The zero-order valence-electron chi connectivity index (χ0n) is 16.0. The maximum absolute atomic E-state index is 12.6. The third-order valence-corrected chi connectivity index (χ3v) is 7.12. The molecule has 0 unspecified atom stereocenters. The lowest BCUT2D eigenvalue weighted by Gasteiger charge is -2.10. The Labute approximate surface area is 176 Å². The molecule has 0 aliphatic carbocycles. The van der Waals surface area contributed by atoms with Crippen molar-refractivity contribution < 1.29 is 9.53 Å². The smallest absolute Gasteiger partial charge is 0.343 e. The molecule has 148 valence electrons.